The van der Waals surface area contributed by atoms with Gasteiger partial charge in [0.15, 0.2) is 10.6 Å². The second-order valence-electron chi connectivity index (χ2n) is 16.7. The quantitative estimate of drug-likeness (QED) is 0.214. The molecule has 1 aromatic heterocycles. The Morgan fingerprint density at radius 1 is 1.10 bits per heavy atom. The van der Waals surface area contributed by atoms with Gasteiger partial charge in [0.25, 0.3) is 22.4 Å². The Bertz CT molecular complexity index is 2250. The highest BCUT2D eigenvalue weighted by Crippen LogP contribution is 2.64. The zero-order chi connectivity index (χ0) is 41.8. The first-order chi connectivity index (χ1) is 27.2. The van der Waals surface area contributed by atoms with Crippen LogP contribution in [0.25, 0.3) is 10.9 Å². The smallest absolute Gasteiger partial charge is 0.427 e. The van der Waals surface area contributed by atoms with Gasteiger partial charge in [0.1, 0.15) is 28.9 Å². The van der Waals surface area contributed by atoms with E-state index < -0.39 is 91.7 Å². The summed E-state index contributed by atoms with van der Waals surface area (Å²) in [5.41, 5.74) is -6.08. The van der Waals surface area contributed by atoms with E-state index in [1.54, 1.807) is 12.1 Å². The van der Waals surface area contributed by atoms with Gasteiger partial charge < -0.3 is 25.0 Å². The maximum Gasteiger partial charge on any atom is 0.427 e. The highest BCUT2D eigenvalue weighted by Gasteiger charge is 2.83. The SMILES string of the molecule is CC(C)(OC(=O)N[C@H]1CCCCC/C=C\[C@@H]2C[C@@]2(C(=O)N2C3(CC3)S2(=O)=O)NC(=O)[C@@H]2C[C@]3(CCc4c(c(C(F)F)nc5ccc(Cl)cc45)O3)CN2C1=O)C(F)(F)F. The highest BCUT2D eigenvalue weighted by atomic mass is 35.5. The first-order valence-corrected chi connectivity index (χ1v) is 21.0. The Kier molecular flexibility index (Phi) is 9.53. The molecule has 314 valence electrons. The molecule has 58 heavy (non-hydrogen) atoms. The molecule has 20 heteroatoms. The van der Waals surface area contributed by atoms with Crippen LogP contribution in [0, 0.1) is 5.92 Å². The molecule has 6 aliphatic rings. The van der Waals surface area contributed by atoms with Crippen LogP contribution < -0.4 is 15.4 Å². The van der Waals surface area contributed by atoms with Crippen LogP contribution in [-0.2, 0) is 35.6 Å². The number of halogens is 6. The molecule has 4 aliphatic heterocycles. The molecule has 2 saturated heterocycles. The van der Waals surface area contributed by atoms with Gasteiger partial charge in [-0.2, -0.15) is 13.2 Å². The molecule has 4 fully saturated rings. The number of aromatic nitrogens is 1. The van der Waals surface area contributed by atoms with E-state index in [-0.39, 0.29) is 62.8 Å². The van der Waals surface area contributed by atoms with Crippen molar-refractivity contribution in [1.29, 1.82) is 0 Å². The molecular formula is C38H41ClF5N5O8S. The van der Waals surface area contributed by atoms with Crippen molar-refractivity contribution in [3.05, 3.63) is 46.6 Å². The summed E-state index contributed by atoms with van der Waals surface area (Å²) < 4.78 is 108. The van der Waals surface area contributed by atoms with E-state index in [0.29, 0.717) is 55.5 Å². The molecule has 5 heterocycles. The number of benzene rings is 1. The normalized spacial score (nSPS) is 30.7. The maximum absolute atomic E-state index is 14.7. The third kappa shape index (κ3) is 6.63. The van der Waals surface area contributed by atoms with Crippen molar-refractivity contribution in [2.45, 2.75) is 131 Å². The zero-order valence-electron chi connectivity index (χ0n) is 31.5. The molecule has 2 saturated carbocycles. The monoisotopic (exact) mass is 857 g/mol. The zero-order valence-corrected chi connectivity index (χ0v) is 33.0. The number of amides is 4. The summed E-state index contributed by atoms with van der Waals surface area (Å²) in [6.45, 7) is 0.921. The summed E-state index contributed by atoms with van der Waals surface area (Å²) in [6.07, 6.45) is -3.50. The van der Waals surface area contributed by atoms with Crippen molar-refractivity contribution in [1.82, 2.24) is 24.8 Å². The van der Waals surface area contributed by atoms with Crippen LogP contribution in [0.15, 0.2) is 30.4 Å². The Morgan fingerprint density at radius 3 is 2.52 bits per heavy atom. The molecule has 0 bridgehead atoms. The number of nitrogens with one attached hydrogen (secondary N) is 2. The van der Waals surface area contributed by atoms with E-state index >= 15 is 0 Å². The average molecular weight is 858 g/mol. The fourth-order valence-corrected chi connectivity index (χ4v) is 11.0. The number of carbonyl (C=O) groups is 4. The minimum absolute atomic E-state index is 0.0578. The number of aryl methyl sites for hydroxylation is 1. The number of rotatable bonds is 4. The van der Waals surface area contributed by atoms with Crippen molar-refractivity contribution in [3.63, 3.8) is 0 Å². The summed E-state index contributed by atoms with van der Waals surface area (Å²) in [5.74, 6) is -3.34. The minimum Gasteiger partial charge on any atom is -0.483 e. The predicted octanol–water partition coefficient (Wildman–Crippen LogP) is 5.98. The molecule has 8 rings (SSSR count). The summed E-state index contributed by atoms with van der Waals surface area (Å²) in [7, 11) is -3.89. The lowest BCUT2D eigenvalue weighted by molar-refractivity contribution is -0.244. The fraction of sp³-hybridized carbons (Fsp3) is 0.605. The third-order valence-electron chi connectivity index (χ3n) is 12.4. The van der Waals surface area contributed by atoms with Crippen LogP contribution in [0.3, 0.4) is 0 Å². The number of carbonyl (C=O) groups excluding carboxylic acids is 4. The standard InChI is InChI=1S/C38H41ClF5N5O8S/c1-34(2,38(42,43)44)57-33(53)46-25-9-7-5-3-4-6-8-20-17-37(20,32(52)49-36(14-15-36)58(49,54)55)47-30(50)26-18-35(19-48(26)31(25)51)13-12-22-23-16-21(39)10-11-24(23)45-27(29(40)41)28(22)56-35/h6,8,10-11,16,20,25-26,29H,3-5,7,9,12-15,17-19H2,1-2H3,(H,46,53)(H,47,50)/b8-6-/t20-,25+,26+,35-,37-,49?/m1/s1. The molecular weight excluding hydrogens is 817 g/mol. The minimum atomic E-state index is -4.95. The fourth-order valence-electron chi connectivity index (χ4n) is 8.70. The lowest BCUT2D eigenvalue weighted by Crippen LogP contribution is -2.57. The molecule has 4 amide bonds. The van der Waals surface area contributed by atoms with Crippen LogP contribution in [0.5, 0.6) is 5.75 Å². The Labute approximate surface area is 335 Å². The Morgan fingerprint density at radius 2 is 1.84 bits per heavy atom. The van der Waals surface area contributed by atoms with Crippen LogP contribution in [0.1, 0.15) is 95.7 Å². The second-order valence-corrected chi connectivity index (χ2v) is 19.2. The molecule has 2 N–H and O–H groups in total. The van der Waals surface area contributed by atoms with Crippen LogP contribution >= 0.6 is 11.6 Å². The number of hydrogen-bond acceptors (Lipinski definition) is 9. The summed E-state index contributed by atoms with van der Waals surface area (Å²) in [4.78, 5) is 60.3. The lowest BCUT2D eigenvalue weighted by Gasteiger charge is -2.37. The van der Waals surface area contributed by atoms with Crippen LogP contribution in [0.4, 0.5) is 26.7 Å². The van der Waals surface area contributed by atoms with E-state index in [9.17, 15) is 49.5 Å². The van der Waals surface area contributed by atoms with Crippen molar-refractivity contribution in [3.8, 4) is 5.75 Å². The van der Waals surface area contributed by atoms with E-state index in [1.165, 1.54) is 12.1 Å². The summed E-state index contributed by atoms with van der Waals surface area (Å²) in [6, 6.07) is 1.63. The second kappa shape index (κ2) is 13.6. The van der Waals surface area contributed by atoms with Gasteiger partial charge in [0.2, 0.25) is 17.4 Å². The number of fused-ring (bicyclic) bond motifs is 5. The van der Waals surface area contributed by atoms with Crippen LogP contribution in [0.2, 0.25) is 5.02 Å². The number of alkyl carbamates (subject to hydrolysis) is 1. The molecule has 2 aromatic rings. The number of alkyl halides is 5. The van der Waals surface area contributed by atoms with Gasteiger partial charge in [-0.15, -0.1) is 0 Å². The van der Waals surface area contributed by atoms with Crippen molar-refractivity contribution in [2.24, 2.45) is 5.92 Å². The van der Waals surface area contributed by atoms with E-state index in [1.807, 2.05) is 6.08 Å². The Balaban J connectivity index is 1.16. The molecule has 2 aliphatic carbocycles. The van der Waals surface area contributed by atoms with Crippen molar-refractivity contribution < 1.29 is 59.0 Å². The van der Waals surface area contributed by atoms with Crippen molar-refractivity contribution >= 4 is 56.3 Å². The average Bonchev–Trinajstić information content (AvgIpc) is 4.08. The van der Waals surface area contributed by atoms with Gasteiger partial charge >= 0.3 is 12.3 Å². The van der Waals surface area contributed by atoms with Gasteiger partial charge in [-0.1, -0.05) is 36.6 Å². The van der Waals surface area contributed by atoms with Gasteiger partial charge in [-0.3, -0.25) is 14.4 Å². The van der Waals surface area contributed by atoms with Gasteiger partial charge in [0, 0.05) is 28.3 Å². The lowest BCUT2D eigenvalue weighted by atomic mass is 9.87. The number of sulfonamides is 1. The number of pyridine rings is 1. The molecule has 0 radical (unpaired) electrons. The molecule has 1 aromatic carbocycles. The van der Waals surface area contributed by atoms with E-state index in [4.69, 9.17) is 21.1 Å². The summed E-state index contributed by atoms with van der Waals surface area (Å²) in [5, 5.41) is 5.85. The van der Waals surface area contributed by atoms with Gasteiger partial charge in [0.05, 0.1) is 12.1 Å². The largest absolute Gasteiger partial charge is 0.483 e. The number of hydrogen-bond donors (Lipinski definition) is 2. The van der Waals surface area contributed by atoms with E-state index in [0.717, 1.165) is 9.21 Å². The van der Waals surface area contributed by atoms with Crippen LogP contribution in [-0.4, -0.2) is 92.8 Å². The highest BCUT2D eigenvalue weighted by molar-refractivity contribution is 7.98. The molecule has 5 atom stereocenters. The molecule has 13 nitrogen and oxygen atoms in total. The Hall–Kier alpha value is -4.26. The van der Waals surface area contributed by atoms with Gasteiger partial charge in [-0.25, -0.2) is 31.3 Å². The maximum atomic E-state index is 14.7. The van der Waals surface area contributed by atoms with Crippen molar-refractivity contribution in [2.75, 3.05) is 6.54 Å². The number of nitrogens with zero attached hydrogens (tertiary/aromatic N) is 3. The number of ether oxygens (including phenoxy) is 2. The van der Waals surface area contributed by atoms with Gasteiger partial charge in [-0.05, 0) is 83.4 Å². The molecule has 2 spiro atoms. The number of allylic oxidation sites excluding steroid dienone is 1. The third-order valence-corrected chi connectivity index (χ3v) is 15.0. The predicted molar refractivity (Wildman–Crippen MR) is 196 cm³/mol. The molecule has 0 unspecified atom stereocenters. The van der Waals surface area contributed by atoms with E-state index in [2.05, 4.69) is 15.6 Å². The topological polar surface area (TPSA) is 164 Å². The summed E-state index contributed by atoms with van der Waals surface area (Å²) >= 11 is 6.26. The first kappa shape index (κ1) is 40.5. The first-order valence-electron chi connectivity index (χ1n) is 19.2.